The van der Waals surface area contributed by atoms with E-state index in [4.69, 9.17) is 9.47 Å². The van der Waals surface area contributed by atoms with Gasteiger partial charge in [0.1, 0.15) is 5.78 Å². The van der Waals surface area contributed by atoms with E-state index in [1.54, 1.807) is 0 Å². The van der Waals surface area contributed by atoms with Gasteiger partial charge in [-0.25, -0.2) is 0 Å². The molecule has 0 saturated carbocycles. The normalized spacial score (nSPS) is 25.6. The summed E-state index contributed by atoms with van der Waals surface area (Å²) in [5, 5.41) is 0. The molecule has 0 N–H and O–H groups in total. The van der Waals surface area contributed by atoms with Crippen LogP contribution in [-0.2, 0) is 14.3 Å². The molecule has 2 saturated heterocycles. The Hall–Kier alpha value is -1.19. The van der Waals surface area contributed by atoms with Crippen molar-refractivity contribution < 1.29 is 14.3 Å². The fourth-order valence-corrected chi connectivity index (χ4v) is 2.34. The van der Waals surface area contributed by atoms with E-state index in [2.05, 4.69) is 12.1 Å². The Morgan fingerprint density at radius 1 is 1.18 bits per heavy atom. The number of hydrogen-bond acceptors (Lipinski definition) is 3. The molecule has 1 unspecified atom stereocenters. The topological polar surface area (TPSA) is 35.5 Å². The summed E-state index contributed by atoms with van der Waals surface area (Å²) >= 11 is 0. The summed E-state index contributed by atoms with van der Waals surface area (Å²) in [7, 11) is 0. The molecule has 2 fully saturated rings. The minimum atomic E-state index is -0.0443. The largest absolute Gasteiger partial charge is 0.380 e. The lowest BCUT2D eigenvalue weighted by Crippen LogP contribution is -2.25. The molecule has 0 radical (unpaired) electrons. The van der Waals surface area contributed by atoms with Crippen LogP contribution in [0.3, 0.4) is 0 Å². The first-order valence-corrected chi connectivity index (χ1v) is 6.14. The first-order chi connectivity index (χ1) is 8.33. The monoisotopic (exact) mass is 232 g/mol. The summed E-state index contributed by atoms with van der Waals surface area (Å²) in [6.45, 7) is 2.18. The molecular formula is C14H16O3. The second-order valence-electron chi connectivity index (χ2n) is 4.76. The van der Waals surface area contributed by atoms with Gasteiger partial charge in [0.2, 0.25) is 0 Å². The van der Waals surface area contributed by atoms with Crippen LogP contribution in [0, 0.1) is 0 Å². The van der Waals surface area contributed by atoms with Crippen LogP contribution in [0.5, 0.6) is 0 Å². The first-order valence-electron chi connectivity index (χ1n) is 6.14. The van der Waals surface area contributed by atoms with Gasteiger partial charge in [0.15, 0.2) is 0 Å². The summed E-state index contributed by atoms with van der Waals surface area (Å²) in [5.41, 5.74) is 2.43. The van der Waals surface area contributed by atoms with Crippen LogP contribution >= 0.6 is 0 Å². The smallest absolute Gasteiger partial charge is 0.138 e. The number of ether oxygens (including phenoxy) is 2. The quantitative estimate of drug-likeness (QED) is 0.784. The van der Waals surface area contributed by atoms with Crippen LogP contribution in [0.4, 0.5) is 0 Å². The molecule has 1 aromatic rings. The van der Waals surface area contributed by atoms with E-state index in [0.29, 0.717) is 31.1 Å². The van der Waals surface area contributed by atoms with Crippen LogP contribution < -0.4 is 0 Å². The van der Waals surface area contributed by atoms with Gasteiger partial charge >= 0.3 is 0 Å². The Bertz CT molecular complexity index is 423. The molecule has 90 valence electrons. The molecule has 0 aromatic heterocycles. The number of carbonyl (C=O) groups is 1. The number of carbonyl (C=O) groups excluding carboxylic acids is 1. The Labute approximate surface area is 101 Å². The maximum Gasteiger partial charge on any atom is 0.138 e. The lowest BCUT2D eigenvalue weighted by atomic mass is 9.93. The van der Waals surface area contributed by atoms with Crippen LogP contribution in [-0.4, -0.2) is 25.6 Å². The minimum absolute atomic E-state index is 0.0443. The summed E-state index contributed by atoms with van der Waals surface area (Å²) in [6.07, 6.45) is 1.04. The average molecular weight is 232 g/mol. The fourth-order valence-electron chi connectivity index (χ4n) is 2.34. The second kappa shape index (κ2) is 4.59. The minimum Gasteiger partial charge on any atom is -0.380 e. The van der Waals surface area contributed by atoms with Crippen LogP contribution in [0.1, 0.15) is 36.0 Å². The molecule has 2 aliphatic heterocycles. The third-order valence-corrected chi connectivity index (χ3v) is 3.50. The van der Waals surface area contributed by atoms with Crippen molar-refractivity contribution in [3.8, 4) is 0 Å². The predicted molar refractivity (Wildman–Crippen MR) is 62.9 cm³/mol. The zero-order valence-corrected chi connectivity index (χ0v) is 9.72. The Morgan fingerprint density at radius 3 is 2.71 bits per heavy atom. The van der Waals surface area contributed by atoms with Crippen LogP contribution in [0.2, 0.25) is 0 Å². The molecule has 0 amide bonds. The van der Waals surface area contributed by atoms with Gasteiger partial charge in [-0.3, -0.25) is 4.79 Å². The van der Waals surface area contributed by atoms with E-state index < -0.39 is 0 Å². The van der Waals surface area contributed by atoms with Crippen molar-refractivity contribution in [2.75, 3.05) is 19.8 Å². The number of ketones is 1. The molecule has 1 aromatic carbocycles. The first kappa shape index (κ1) is 10.9. The third kappa shape index (κ3) is 2.26. The molecule has 3 nitrogen and oxygen atoms in total. The number of benzene rings is 1. The number of Topliss-reactive ketones (excluding diaryl/α,β-unsaturated/α-hetero) is 1. The maximum atomic E-state index is 11.4. The lowest BCUT2D eigenvalue weighted by molar-refractivity contribution is -0.128. The van der Waals surface area contributed by atoms with Crippen molar-refractivity contribution >= 4 is 5.78 Å². The Kier molecular flexibility index (Phi) is 2.95. The van der Waals surface area contributed by atoms with Gasteiger partial charge in [0.25, 0.3) is 0 Å². The van der Waals surface area contributed by atoms with Crippen molar-refractivity contribution in [2.45, 2.75) is 24.9 Å². The second-order valence-corrected chi connectivity index (χ2v) is 4.76. The number of rotatable bonds is 2. The molecule has 3 rings (SSSR count). The maximum absolute atomic E-state index is 11.4. The standard InChI is InChI=1S/C14H16O3/c15-13-4-5-17-14(7-13)11-3-1-2-10(6-11)12-8-16-9-12/h1-3,6,12,14H,4-5,7-9H2. The summed E-state index contributed by atoms with van der Waals surface area (Å²) in [6, 6.07) is 8.38. The van der Waals surface area contributed by atoms with Gasteiger partial charge in [-0.15, -0.1) is 0 Å². The van der Waals surface area contributed by atoms with Gasteiger partial charge in [0, 0.05) is 18.8 Å². The van der Waals surface area contributed by atoms with E-state index in [0.717, 1.165) is 18.8 Å². The summed E-state index contributed by atoms with van der Waals surface area (Å²) in [5.74, 6) is 0.827. The third-order valence-electron chi connectivity index (χ3n) is 3.50. The number of hydrogen-bond donors (Lipinski definition) is 0. The van der Waals surface area contributed by atoms with Gasteiger partial charge in [-0.05, 0) is 11.1 Å². The SMILES string of the molecule is O=C1CCOC(c2cccc(C3COC3)c2)C1. The van der Waals surface area contributed by atoms with Crippen LogP contribution in [0.15, 0.2) is 24.3 Å². The van der Waals surface area contributed by atoms with Crippen molar-refractivity contribution in [2.24, 2.45) is 0 Å². The molecule has 1 atom stereocenters. The van der Waals surface area contributed by atoms with Crippen LogP contribution in [0.25, 0.3) is 0 Å². The molecule has 0 aliphatic carbocycles. The highest BCUT2D eigenvalue weighted by Gasteiger charge is 2.24. The van der Waals surface area contributed by atoms with E-state index in [1.807, 2.05) is 12.1 Å². The Balaban J connectivity index is 1.79. The van der Waals surface area contributed by atoms with Gasteiger partial charge in [-0.1, -0.05) is 24.3 Å². The summed E-state index contributed by atoms with van der Waals surface area (Å²) in [4.78, 5) is 11.4. The molecule has 2 aliphatic rings. The highest BCUT2D eigenvalue weighted by molar-refractivity contribution is 5.79. The van der Waals surface area contributed by atoms with E-state index in [1.165, 1.54) is 5.56 Å². The van der Waals surface area contributed by atoms with Crippen molar-refractivity contribution in [1.82, 2.24) is 0 Å². The zero-order chi connectivity index (χ0) is 11.7. The lowest BCUT2D eigenvalue weighted by Gasteiger charge is -2.28. The molecule has 0 bridgehead atoms. The highest BCUT2D eigenvalue weighted by atomic mass is 16.5. The summed E-state index contributed by atoms with van der Waals surface area (Å²) < 4.78 is 10.9. The van der Waals surface area contributed by atoms with E-state index >= 15 is 0 Å². The Morgan fingerprint density at radius 2 is 2.00 bits per heavy atom. The van der Waals surface area contributed by atoms with Crippen molar-refractivity contribution in [3.63, 3.8) is 0 Å². The molecular weight excluding hydrogens is 216 g/mol. The average Bonchev–Trinajstić information content (AvgIpc) is 2.27. The van der Waals surface area contributed by atoms with E-state index in [9.17, 15) is 4.79 Å². The van der Waals surface area contributed by atoms with Crippen molar-refractivity contribution in [3.05, 3.63) is 35.4 Å². The van der Waals surface area contributed by atoms with Gasteiger partial charge < -0.3 is 9.47 Å². The molecule has 0 spiro atoms. The highest BCUT2D eigenvalue weighted by Crippen LogP contribution is 2.30. The fraction of sp³-hybridized carbons (Fsp3) is 0.500. The van der Waals surface area contributed by atoms with E-state index in [-0.39, 0.29) is 6.10 Å². The van der Waals surface area contributed by atoms with Gasteiger partial charge in [0.05, 0.1) is 25.9 Å². The van der Waals surface area contributed by atoms with Crippen molar-refractivity contribution in [1.29, 1.82) is 0 Å². The predicted octanol–water partition coefficient (Wildman–Crippen LogP) is 2.22. The molecule has 2 heterocycles. The molecule has 17 heavy (non-hydrogen) atoms. The van der Waals surface area contributed by atoms with Gasteiger partial charge in [-0.2, -0.15) is 0 Å². The molecule has 3 heteroatoms. The zero-order valence-electron chi connectivity index (χ0n) is 9.72.